The molecule has 1 heterocycles. The van der Waals surface area contributed by atoms with Gasteiger partial charge in [0.2, 0.25) is 5.91 Å². The van der Waals surface area contributed by atoms with E-state index in [4.69, 9.17) is 5.11 Å². The lowest BCUT2D eigenvalue weighted by atomic mass is 10.3. The summed E-state index contributed by atoms with van der Waals surface area (Å²) in [5, 5.41) is 14.2. The van der Waals surface area contributed by atoms with Gasteiger partial charge in [0.25, 0.3) is 0 Å². The molecule has 7 heteroatoms. The zero-order chi connectivity index (χ0) is 12.8. The van der Waals surface area contributed by atoms with E-state index in [0.29, 0.717) is 11.5 Å². The van der Waals surface area contributed by atoms with E-state index in [1.165, 1.54) is 18.7 Å². The number of hydrogen-bond acceptors (Lipinski definition) is 5. The fraction of sp³-hybridized carbons (Fsp3) is 0.500. The zero-order valence-corrected chi connectivity index (χ0v) is 11.2. The third-order valence-electron chi connectivity index (χ3n) is 1.88. The fourth-order valence-corrected chi connectivity index (χ4v) is 2.83. The topological polar surface area (TPSA) is 79.3 Å². The number of amides is 1. The second-order valence-electron chi connectivity index (χ2n) is 3.46. The maximum atomic E-state index is 10.8. The molecule has 1 amide bonds. The minimum Gasteiger partial charge on any atom is -0.480 e. The highest BCUT2D eigenvalue weighted by Gasteiger charge is 2.18. The van der Waals surface area contributed by atoms with Gasteiger partial charge in [0.1, 0.15) is 6.04 Å². The summed E-state index contributed by atoms with van der Waals surface area (Å²) < 4.78 is 0. The predicted molar refractivity (Wildman–Crippen MR) is 68.3 cm³/mol. The lowest BCUT2D eigenvalue weighted by molar-refractivity contribution is -0.140. The first-order valence-electron chi connectivity index (χ1n) is 4.97. The number of carbonyl (C=O) groups is 2. The molecule has 0 aromatic carbocycles. The summed E-state index contributed by atoms with van der Waals surface area (Å²) in [6, 6.07) is -0.836. The van der Waals surface area contributed by atoms with Gasteiger partial charge in [0.05, 0.1) is 10.7 Å². The Kier molecular flexibility index (Phi) is 5.43. The van der Waals surface area contributed by atoms with Gasteiger partial charge in [-0.05, 0) is 6.92 Å². The summed E-state index contributed by atoms with van der Waals surface area (Å²) in [6.07, 6.45) is 0. The summed E-state index contributed by atoms with van der Waals surface area (Å²) in [5.74, 6) is -0.344. The van der Waals surface area contributed by atoms with E-state index in [2.05, 4.69) is 10.3 Å². The van der Waals surface area contributed by atoms with Crippen LogP contribution in [0, 0.1) is 6.92 Å². The molecule has 0 aliphatic carbocycles. The smallest absolute Gasteiger partial charge is 0.327 e. The minimum atomic E-state index is -1.01. The van der Waals surface area contributed by atoms with E-state index in [-0.39, 0.29) is 5.91 Å². The SMILES string of the molecule is CC(=O)N[C@@H](CSCc1csc(C)n1)C(=O)O. The Morgan fingerprint density at radius 3 is 2.82 bits per heavy atom. The molecule has 17 heavy (non-hydrogen) atoms. The first-order valence-corrected chi connectivity index (χ1v) is 7.01. The fourth-order valence-electron chi connectivity index (χ4n) is 1.18. The van der Waals surface area contributed by atoms with Gasteiger partial charge in [0.15, 0.2) is 0 Å². The molecule has 0 spiro atoms. The van der Waals surface area contributed by atoms with E-state index < -0.39 is 12.0 Å². The maximum Gasteiger partial charge on any atom is 0.327 e. The van der Waals surface area contributed by atoms with Crippen molar-refractivity contribution >= 4 is 35.0 Å². The van der Waals surface area contributed by atoms with Gasteiger partial charge in [0, 0.05) is 23.8 Å². The van der Waals surface area contributed by atoms with Crippen LogP contribution in [0.4, 0.5) is 0 Å². The monoisotopic (exact) mass is 274 g/mol. The van der Waals surface area contributed by atoms with Crippen molar-refractivity contribution in [3.63, 3.8) is 0 Å². The number of nitrogens with one attached hydrogen (secondary N) is 1. The highest BCUT2D eigenvalue weighted by Crippen LogP contribution is 2.15. The second kappa shape index (κ2) is 6.61. The molecule has 5 nitrogen and oxygen atoms in total. The molecule has 0 saturated heterocycles. The van der Waals surface area contributed by atoms with Crippen LogP contribution in [0.25, 0.3) is 0 Å². The number of rotatable bonds is 6. The average molecular weight is 274 g/mol. The van der Waals surface area contributed by atoms with E-state index >= 15 is 0 Å². The molecule has 0 saturated carbocycles. The van der Waals surface area contributed by atoms with Crippen LogP contribution in [-0.4, -0.2) is 33.8 Å². The number of thioether (sulfide) groups is 1. The number of aryl methyl sites for hydroxylation is 1. The zero-order valence-electron chi connectivity index (χ0n) is 9.60. The van der Waals surface area contributed by atoms with Crippen molar-refractivity contribution in [3.05, 3.63) is 16.1 Å². The molecule has 0 radical (unpaired) electrons. The van der Waals surface area contributed by atoms with Crippen molar-refractivity contribution < 1.29 is 14.7 Å². The quantitative estimate of drug-likeness (QED) is 0.816. The normalized spacial score (nSPS) is 12.1. The van der Waals surface area contributed by atoms with Gasteiger partial charge in [-0.3, -0.25) is 4.79 Å². The number of carboxylic acid groups (broad SMARTS) is 1. The van der Waals surface area contributed by atoms with Crippen LogP contribution in [-0.2, 0) is 15.3 Å². The Morgan fingerprint density at radius 2 is 2.35 bits per heavy atom. The second-order valence-corrected chi connectivity index (χ2v) is 5.56. The van der Waals surface area contributed by atoms with Crippen LogP contribution >= 0.6 is 23.1 Å². The summed E-state index contributed by atoms with van der Waals surface area (Å²) in [5.41, 5.74) is 0.949. The number of nitrogens with zero attached hydrogens (tertiary/aromatic N) is 1. The Labute approximate surface area is 108 Å². The predicted octanol–water partition coefficient (Wildman–Crippen LogP) is 1.27. The molecule has 1 atom stereocenters. The molecule has 0 unspecified atom stereocenters. The standard InChI is InChI=1S/C10H14N2O3S2/c1-6(13)11-9(10(14)15)5-16-3-8-4-17-7(2)12-8/h4,9H,3,5H2,1-2H3,(H,11,13)(H,14,15)/t9-/m0/s1. The number of hydrogen-bond donors (Lipinski definition) is 2. The molecule has 94 valence electrons. The number of thiazole rings is 1. The van der Waals surface area contributed by atoms with Gasteiger partial charge < -0.3 is 10.4 Å². The number of carbonyl (C=O) groups excluding carboxylic acids is 1. The number of aliphatic carboxylic acids is 1. The van der Waals surface area contributed by atoms with Gasteiger partial charge in [-0.2, -0.15) is 11.8 Å². The number of aromatic nitrogens is 1. The van der Waals surface area contributed by atoms with Crippen molar-refractivity contribution in [2.24, 2.45) is 0 Å². The summed E-state index contributed by atoms with van der Waals surface area (Å²) in [4.78, 5) is 25.9. The summed E-state index contributed by atoms with van der Waals surface area (Å²) in [7, 11) is 0. The highest BCUT2D eigenvalue weighted by atomic mass is 32.2. The van der Waals surface area contributed by atoms with E-state index in [0.717, 1.165) is 10.7 Å². The van der Waals surface area contributed by atoms with Gasteiger partial charge >= 0.3 is 5.97 Å². The molecule has 1 rings (SSSR count). The lowest BCUT2D eigenvalue weighted by Crippen LogP contribution is -2.41. The first kappa shape index (κ1) is 14.0. The summed E-state index contributed by atoms with van der Waals surface area (Å²) >= 11 is 3.02. The van der Waals surface area contributed by atoms with Gasteiger partial charge in [-0.15, -0.1) is 11.3 Å². The highest BCUT2D eigenvalue weighted by molar-refractivity contribution is 7.98. The van der Waals surface area contributed by atoms with E-state index in [9.17, 15) is 9.59 Å². The van der Waals surface area contributed by atoms with Crippen LogP contribution in [0.15, 0.2) is 5.38 Å². The Morgan fingerprint density at radius 1 is 1.65 bits per heavy atom. The minimum absolute atomic E-state index is 0.331. The average Bonchev–Trinajstić information content (AvgIpc) is 2.62. The largest absolute Gasteiger partial charge is 0.480 e. The van der Waals surface area contributed by atoms with Crippen LogP contribution in [0.2, 0.25) is 0 Å². The van der Waals surface area contributed by atoms with Gasteiger partial charge in [-0.1, -0.05) is 0 Å². The van der Waals surface area contributed by atoms with Crippen molar-refractivity contribution in [1.29, 1.82) is 0 Å². The first-order chi connectivity index (χ1) is 7.99. The van der Waals surface area contributed by atoms with Crippen LogP contribution in [0.5, 0.6) is 0 Å². The van der Waals surface area contributed by atoms with Crippen LogP contribution in [0.3, 0.4) is 0 Å². The van der Waals surface area contributed by atoms with Crippen molar-refractivity contribution in [3.8, 4) is 0 Å². The molecule has 2 N–H and O–H groups in total. The summed E-state index contributed by atoms with van der Waals surface area (Å²) in [6.45, 7) is 3.24. The van der Waals surface area contributed by atoms with Crippen molar-refractivity contribution in [2.45, 2.75) is 25.6 Å². The van der Waals surface area contributed by atoms with Crippen molar-refractivity contribution in [2.75, 3.05) is 5.75 Å². The van der Waals surface area contributed by atoms with E-state index in [1.807, 2.05) is 12.3 Å². The Bertz CT molecular complexity index is 406. The third kappa shape index (κ3) is 5.18. The molecule has 1 aromatic rings. The van der Waals surface area contributed by atoms with E-state index in [1.54, 1.807) is 11.3 Å². The van der Waals surface area contributed by atoms with Gasteiger partial charge in [-0.25, -0.2) is 9.78 Å². The van der Waals surface area contributed by atoms with Crippen molar-refractivity contribution in [1.82, 2.24) is 10.3 Å². The number of carboxylic acids is 1. The molecule has 0 aliphatic heterocycles. The Hall–Kier alpha value is -1.08. The third-order valence-corrected chi connectivity index (χ3v) is 3.77. The maximum absolute atomic E-state index is 10.8. The molecular weight excluding hydrogens is 260 g/mol. The lowest BCUT2D eigenvalue weighted by Gasteiger charge is -2.11. The molecule has 0 fully saturated rings. The van der Waals surface area contributed by atoms with Crippen LogP contribution < -0.4 is 5.32 Å². The Balaban J connectivity index is 2.37. The molecule has 1 aromatic heterocycles. The van der Waals surface area contributed by atoms with Crippen LogP contribution in [0.1, 0.15) is 17.6 Å². The molecular formula is C10H14N2O3S2. The molecule has 0 aliphatic rings. The molecule has 0 bridgehead atoms.